The topological polar surface area (TPSA) is 109 Å². The molecule has 2 aliphatic heterocycles. The molecule has 4 N–H and O–H groups in total. The van der Waals surface area contributed by atoms with Gasteiger partial charge in [0.15, 0.2) is 11.2 Å². The summed E-state index contributed by atoms with van der Waals surface area (Å²) in [7, 11) is 0. The Morgan fingerprint density at radius 1 is 1.70 bits per heavy atom. The predicted octanol–water partition coefficient (Wildman–Crippen LogP) is 0.405. The maximum Gasteiger partial charge on any atom is 0.255 e. The molecular formula is C13H16N4O3S3. The molecule has 1 aromatic heterocycles. The van der Waals surface area contributed by atoms with Crippen molar-refractivity contribution in [3.8, 4) is 0 Å². The van der Waals surface area contributed by atoms with E-state index in [0.29, 0.717) is 0 Å². The van der Waals surface area contributed by atoms with Crippen molar-refractivity contribution in [1.29, 1.82) is 0 Å². The van der Waals surface area contributed by atoms with Crippen LogP contribution >= 0.6 is 34.9 Å². The fourth-order valence-corrected chi connectivity index (χ4v) is 4.94. The summed E-state index contributed by atoms with van der Waals surface area (Å²) < 4.78 is 0. The standard InChI is InChI=1S/C13H16N4O3S3/c1-21-3-6-2-17-11(20)8(12(17)22-4-6)16-10(19)9(18)7-5-23-13(14)15-7/h2,5,8-9,12,18H,3-4H2,1H3,(H2,14,15)(H,16,19)/t8?,9?,12-/m0/s1. The van der Waals surface area contributed by atoms with Gasteiger partial charge < -0.3 is 21.1 Å². The van der Waals surface area contributed by atoms with E-state index in [-0.39, 0.29) is 22.1 Å². The molecule has 1 fully saturated rings. The van der Waals surface area contributed by atoms with E-state index in [2.05, 4.69) is 10.3 Å². The molecule has 23 heavy (non-hydrogen) atoms. The Kier molecular flexibility index (Phi) is 4.85. The van der Waals surface area contributed by atoms with Crippen molar-refractivity contribution in [2.45, 2.75) is 17.5 Å². The summed E-state index contributed by atoms with van der Waals surface area (Å²) in [6.07, 6.45) is 2.48. The molecule has 2 amide bonds. The van der Waals surface area contributed by atoms with Crippen LogP contribution in [0.2, 0.25) is 0 Å². The molecule has 1 saturated heterocycles. The Balaban J connectivity index is 1.62. The van der Waals surface area contributed by atoms with Crippen molar-refractivity contribution >= 4 is 51.8 Å². The molecule has 0 radical (unpaired) electrons. The molecule has 0 bridgehead atoms. The number of aromatic nitrogens is 1. The molecule has 2 aliphatic rings. The van der Waals surface area contributed by atoms with Crippen molar-refractivity contribution in [3.05, 3.63) is 22.8 Å². The number of hydrogen-bond donors (Lipinski definition) is 3. The number of thioether (sulfide) groups is 2. The maximum absolute atomic E-state index is 12.2. The van der Waals surface area contributed by atoms with Crippen LogP contribution in [0.15, 0.2) is 17.2 Å². The summed E-state index contributed by atoms with van der Waals surface area (Å²) in [5, 5.41) is 14.3. The highest BCUT2D eigenvalue weighted by atomic mass is 32.2. The van der Waals surface area contributed by atoms with Crippen LogP contribution < -0.4 is 11.1 Å². The largest absolute Gasteiger partial charge is 0.377 e. The SMILES string of the molecule is CSCC1=CN2C(=O)C(NC(=O)C(O)c3csc(N)n3)[C@@H]2SC1. The number of hydrogen-bond acceptors (Lipinski definition) is 8. The number of nitrogen functional groups attached to an aromatic ring is 1. The third-order valence-corrected chi connectivity index (χ3v) is 6.27. The molecule has 3 rings (SSSR count). The number of nitrogens with zero attached hydrogens (tertiary/aromatic N) is 2. The number of thiazole rings is 1. The van der Waals surface area contributed by atoms with Crippen LogP contribution in [0.3, 0.4) is 0 Å². The first-order valence-corrected chi connectivity index (χ1v) is 10.1. The quantitative estimate of drug-likeness (QED) is 0.642. The maximum atomic E-state index is 12.2. The number of nitrogens with two attached hydrogens (primary N) is 1. The number of fused-ring (bicyclic) bond motifs is 1. The fraction of sp³-hybridized carbons (Fsp3) is 0.462. The number of β-lactam (4-membered cyclic amide) rings is 1. The second-order valence-electron chi connectivity index (χ2n) is 5.17. The summed E-state index contributed by atoms with van der Waals surface area (Å²) >= 11 is 4.48. The lowest BCUT2D eigenvalue weighted by molar-refractivity contribution is -0.146. The van der Waals surface area contributed by atoms with E-state index in [1.165, 1.54) is 11.0 Å². The van der Waals surface area contributed by atoms with Gasteiger partial charge in [-0.05, 0) is 11.8 Å². The van der Waals surface area contributed by atoms with E-state index in [1.54, 1.807) is 28.4 Å². The third-order valence-electron chi connectivity index (χ3n) is 3.54. The first-order chi connectivity index (χ1) is 11.0. The van der Waals surface area contributed by atoms with Gasteiger partial charge in [-0.1, -0.05) is 0 Å². The fourth-order valence-electron chi connectivity index (χ4n) is 2.42. The van der Waals surface area contributed by atoms with Crippen LogP contribution in [-0.4, -0.2) is 56.0 Å². The van der Waals surface area contributed by atoms with Crippen molar-refractivity contribution in [2.75, 3.05) is 23.5 Å². The second kappa shape index (κ2) is 6.71. The Bertz CT molecular complexity index is 663. The molecule has 124 valence electrons. The van der Waals surface area contributed by atoms with Crippen molar-refractivity contribution in [2.24, 2.45) is 0 Å². The molecule has 0 saturated carbocycles. The Morgan fingerprint density at radius 3 is 3.13 bits per heavy atom. The average molecular weight is 372 g/mol. The van der Waals surface area contributed by atoms with Crippen molar-refractivity contribution < 1.29 is 14.7 Å². The van der Waals surface area contributed by atoms with E-state index in [1.807, 2.05) is 12.5 Å². The molecule has 3 atom stereocenters. The number of carbonyl (C=O) groups is 2. The summed E-state index contributed by atoms with van der Waals surface area (Å²) in [6.45, 7) is 0. The van der Waals surface area contributed by atoms with Crippen LogP contribution in [0.5, 0.6) is 0 Å². The van der Waals surface area contributed by atoms with Crippen molar-refractivity contribution in [1.82, 2.24) is 15.2 Å². The van der Waals surface area contributed by atoms with Gasteiger partial charge in [0.25, 0.3) is 11.8 Å². The van der Waals surface area contributed by atoms with Gasteiger partial charge in [0.2, 0.25) is 0 Å². The molecule has 3 heterocycles. The van der Waals surface area contributed by atoms with E-state index in [4.69, 9.17) is 5.73 Å². The summed E-state index contributed by atoms with van der Waals surface area (Å²) in [6, 6.07) is -0.606. The number of anilines is 1. The summed E-state index contributed by atoms with van der Waals surface area (Å²) in [5.41, 5.74) is 6.90. The van der Waals surface area contributed by atoms with Crippen LogP contribution in [0, 0.1) is 0 Å². The van der Waals surface area contributed by atoms with Gasteiger partial charge in [-0.15, -0.1) is 23.1 Å². The van der Waals surface area contributed by atoms with Crippen LogP contribution in [0.25, 0.3) is 0 Å². The van der Waals surface area contributed by atoms with Gasteiger partial charge in [0.05, 0.1) is 5.69 Å². The molecule has 0 aliphatic carbocycles. The summed E-state index contributed by atoms with van der Waals surface area (Å²) in [5.74, 6) is 0.948. The highest BCUT2D eigenvalue weighted by Gasteiger charge is 2.49. The highest BCUT2D eigenvalue weighted by molar-refractivity contribution is 8.00. The zero-order valence-electron chi connectivity index (χ0n) is 12.3. The number of rotatable bonds is 5. The first kappa shape index (κ1) is 16.6. The normalized spacial score (nSPS) is 24.5. The van der Waals surface area contributed by atoms with Gasteiger partial charge in [0, 0.05) is 23.1 Å². The molecule has 7 nitrogen and oxygen atoms in total. The van der Waals surface area contributed by atoms with E-state index in [0.717, 1.165) is 22.8 Å². The third kappa shape index (κ3) is 3.21. The van der Waals surface area contributed by atoms with Crippen LogP contribution in [-0.2, 0) is 9.59 Å². The van der Waals surface area contributed by atoms with Crippen LogP contribution in [0.4, 0.5) is 5.13 Å². The first-order valence-electron chi connectivity index (χ1n) is 6.83. The smallest absolute Gasteiger partial charge is 0.255 e. The predicted molar refractivity (Wildman–Crippen MR) is 93.0 cm³/mol. The lowest BCUT2D eigenvalue weighted by Crippen LogP contribution is -2.68. The minimum Gasteiger partial charge on any atom is -0.377 e. The summed E-state index contributed by atoms with van der Waals surface area (Å²) in [4.78, 5) is 29.8. The van der Waals surface area contributed by atoms with Crippen LogP contribution in [0.1, 0.15) is 11.8 Å². The molecule has 10 heteroatoms. The molecular weight excluding hydrogens is 356 g/mol. The lowest BCUT2D eigenvalue weighted by atomic mass is 10.1. The Labute approximate surface area is 145 Å². The molecule has 0 aromatic carbocycles. The molecule has 2 unspecified atom stereocenters. The van der Waals surface area contributed by atoms with E-state index < -0.39 is 18.1 Å². The van der Waals surface area contributed by atoms with Crippen molar-refractivity contribution in [3.63, 3.8) is 0 Å². The van der Waals surface area contributed by atoms with Gasteiger partial charge in [0.1, 0.15) is 11.4 Å². The zero-order valence-corrected chi connectivity index (χ0v) is 14.7. The Morgan fingerprint density at radius 2 is 2.48 bits per heavy atom. The Hall–Kier alpha value is -1.23. The lowest BCUT2D eigenvalue weighted by Gasteiger charge is -2.47. The molecule has 1 aromatic rings. The highest BCUT2D eigenvalue weighted by Crippen LogP contribution is 2.36. The second-order valence-corrected chi connectivity index (χ2v) is 8.03. The number of carbonyl (C=O) groups excluding carboxylic acids is 2. The molecule has 0 spiro atoms. The van der Waals surface area contributed by atoms with E-state index >= 15 is 0 Å². The minimum absolute atomic E-state index is 0.107. The van der Waals surface area contributed by atoms with Gasteiger partial charge >= 0.3 is 0 Å². The monoisotopic (exact) mass is 372 g/mol. The number of nitrogens with one attached hydrogen (secondary N) is 1. The zero-order chi connectivity index (χ0) is 16.6. The number of aliphatic hydroxyl groups excluding tert-OH is 1. The van der Waals surface area contributed by atoms with Gasteiger partial charge in [-0.3, -0.25) is 9.59 Å². The number of aliphatic hydroxyl groups is 1. The average Bonchev–Trinajstić information content (AvgIpc) is 2.98. The minimum atomic E-state index is -1.42. The van der Waals surface area contributed by atoms with Gasteiger partial charge in [-0.2, -0.15) is 11.8 Å². The van der Waals surface area contributed by atoms with Gasteiger partial charge in [-0.25, -0.2) is 4.98 Å². The van der Waals surface area contributed by atoms with E-state index in [9.17, 15) is 14.7 Å². The number of amides is 2.